The molecule has 1 aliphatic heterocycles. The Kier molecular flexibility index (Phi) is 5.21. The van der Waals surface area contributed by atoms with Gasteiger partial charge in [0.2, 0.25) is 0 Å². The Bertz CT molecular complexity index is 540. The highest BCUT2D eigenvalue weighted by atomic mass is 16.5. The lowest BCUT2D eigenvalue weighted by Gasteiger charge is -2.24. The molecule has 2 N–H and O–H groups in total. The fourth-order valence-corrected chi connectivity index (χ4v) is 3.84. The predicted molar refractivity (Wildman–Crippen MR) is 91.6 cm³/mol. The second-order valence-corrected chi connectivity index (χ2v) is 7.05. The second kappa shape index (κ2) is 7.35. The number of nitrogens with zero attached hydrogens (tertiary/aromatic N) is 1. The number of ether oxygens (including phenoxy) is 1. The Labute approximate surface area is 139 Å². The lowest BCUT2D eigenvalue weighted by molar-refractivity contribution is 0.0742. The third kappa shape index (κ3) is 3.86. The average Bonchev–Trinajstić information content (AvgIpc) is 2.96. The van der Waals surface area contributed by atoms with E-state index in [4.69, 9.17) is 10.5 Å². The summed E-state index contributed by atoms with van der Waals surface area (Å²) in [5.41, 5.74) is 6.49. The predicted octanol–water partition coefficient (Wildman–Crippen LogP) is 3.21. The Morgan fingerprint density at radius 3 is 2.78 bits per heavy atom. The van der Waals surface area contributed by atoms with E-state index in [1.54, 1.807) is 0 Å². The van der Waals surface area contributed by atoms with Crippen LogP contribution in [-0.2, 0) is 0 Å². The molecule has 3 rings (SSSR count). The van der Waals surface area contributed by atoms with Crippen molar-refractivity contribution in [3.05, 3.63) is 29.8 Å². The number of amides is 1. The molecule has 4 nitrogen and oxygen atoms in total. The van der Waals surface area contributed by atoms with E-state index in [0.717, 1.165) is 37.1 Å². The van der Waals surface area contributed by atoms with E-state index in [-0.39, 0.29) is 11.9 Å². The van der Waals surface area contributed by atoms with Gasteiger partial charge in [-0.3, -0.25) is 4.79 Å². The summed E-state index contributed by atoms with van der Waals surface area (Å²) in [6, 6.07) is 7.94. The lowest BCUT2D eigenvalue weighted by Crippen LogP contribution is -2.34. The molecule has 1 aliphatic carbocycles. The normalized spacial score (nSPS) is 25.6. The maximum absolute atomic E-state index is 12.8. The van der Waals surface area contributed by atoms with Crippen molar-refractivity contribution in [2.45, 2.75) is 57.6 Å². The Hall–Kier alpha value is -1.55. The van der Waals surface area contributed by atoms with E-state index in [1.807, 2.05) is 29.2 Å². The molecule has 126 valence electrons. The van der Waals surface area contributed by atoms with Gasteiger partial charge < -0.3 is 15.4 Å². The molecule has 2 fully saturated rings. The monoisotopic (exact) mass is 316 g/mol. The van der Waals surface area contributed by atoms with Gasteiger partial charge >= 0.3 is 0 Å². The van der Waals surface area contributed by atoms with E-state index < -0.39 is 0 Å². The summed E-state index contributed by atoms with van der Waals surface area (Å²) < 4.78 is 6.09. The number of hydrogen-bond acceptors (Lipinski definition) is 3. The lowest BCUT2D eigenvalue weighted by atomic mass is 9.98. The highest BCUT2D eigenvalue weighted by Crippen LogP contribution is 2.27. The van der Waals surface area contributed by atoms with E-state index in [1.165, 1.54) is 19.3 Å². The summed E-state index contributed by atoms with van der Waals surface area (Å²) in [6.45, 7) is 3.53. The first-order valence-electron chi connectivity index (χ1n) is 8.95. The van der Waals surface area contributed by atoms with Gasteiger partial charge in [-0.2, -0.15) is 0 Å². The standard InChI is InChI=1S/C19H28N2O2/c1-14-10-15(12-20)13-21(14)19(22)16-6-5-9-18(11-16)23-17-7-3-2-4-8-17/h5-6,9,11,14-15,17H,2-4,7-8,10,12-13,20H2,1H3. The minimum atomic E-state index is 0.0996. The van der Waals surface area contributed by atoms with Gasteiger partial charge in [0.15, 0.2) is 0 Å². The fourth-order valence-electron chi connectivity index (χ4n) is 3.84. The molecule has 2 atom stereocenters. The third-order valence-electron chi connectivity index (χ3n) is 5.19. The highest BCUT2D eigenvalue weighted by Gasteiger charge is 2.32. The van der Waals surface area contributed by atoms with Crippen molar-refractivity contribution >= 4 is 5.91 Å². The van der Waals surface area contributed by atoms with Gasteiger partial charge in [0, 0.05) is 18.2 Å². The topological polar surface area (TPSA) is 55.6 Å². The van der Waals surface area contributed by atoms with E-state index in [9.17, 15) is 4.79 Å². The van der Waals surface area contributed by atoms with Crippen LogP contribution in [-0.4, -0.2) is 36.0 Å². The minimum absolute atomic E-state index is 0.0996. The number of likely N-dealkylation sites (tertiary alicyclic amines) is 1. The first kappa shape index (κ1) is 16.3. The van der Waals surface area contributed by atoms with Crippen molar-refractivity contribution in [3.63, 3.8) is 0 Å². The molecule has 23 heavy (non-hydrogen) atoms. The molecule has 1 saturated carbocycles. The van der Waals surface area contributed by atoms with Crippen molar-refractivity contribution < 1.29 is 9.53 Å². The molecular weight excluding hydrogens is 288 g/mol. The van der Waals surface area contributed by atoms with Crippen molar-refractivity contribution in [3.8, 4) is 5.75 Å². The van der Waals surface area contributed by atoms with Crippen LogP contribution in [0.2, 0.25) is 0 Å². The smallest absolute Gasteiger partial charge is 0.254 e. The first-order valence-corrected chi connectivity index (χ1v) is 8.95. The molecule has 2 aliphatic rings. The Morgan fingerprint density at radius 1 is 1.30 bits per heavy atom. The van der Waals surface area contributed by atoms with Crippen LogP contribution in [0, 0.1) is 5.92 Å². The number of benzene rings is 1. The molecule has 2 unspecified atom stereocenters. The molecule has 1 saturated heterocycles. The minimum Gasteiger partial charge on any atom is -0.490 e. The summed E-state index contributed by atoms with van der Waals surface area (Å²) in [5.74, 6) is 1.35. The third-order valence-corrected chi connectivity index (χ3v) is 5.19. The zero-order chi connectivity index (χ0) is 16.2. The van der Waals surface area contributed by atoms with Gasteiger partial charge in [-0.15, -0.1) is 0 Å². The number of hydrogen-bond donors (Lipinski definition) is 1. The van der Waals surface area contributed by atoms with Gasteiger partial charge in [-0.1, -0.05) is 12.5 Å². The van der Waals surface area contributed by atoms with Crippen LogP contribution in [0.5, 0.6) is 5.75 Å². The molecule has 0 aromatic heterocycles. The molecule has 0 spiro atoms. The molecule has 4 heteroatoms. The summed E-state index contributed by atoms with van der Waals surface area (Å²) in [5, 5.41) is 0. The largest absolute Gasteiger partial charge is 0.490 e. The van der Waals surface area contributed by atoms with E-state index in [0.29, 0.717) is 18.6 Å². The summed E-state index contributed by atoms with van der Waals surface area (Å²) in [7, 11) is 0. The molecule has 1 heterocycles. The van der Waals surface area contributed by atoms with Crippen molar-refractivity contribution in [2.24, 2.45) is 11.7 Å². The Morgan fingerprint density at radius 2 is 2.09 bits per heavy atom. The van der Waals surface area contributed by atoms with Gasteiger partial charge in [-0.25, -0.2) is 0 Å². The molecule has 0 radical (unpaired) electrons. The van der Waals surface area contributed by atoms with Crippen LogP contribution in [0.25, 0.3) is 0 Å². The first-order chi connectivity index (χ1) is 11.2. The van der Waals surface area contributed by atoms with Crippen molar-refractivity contribution in [1.82, 2.24) is 4.90 Å². The average molecular weight is 316 g/mol. The zero-order valence-corrected chi connectivity index (χ0v) is 14.0. The number of carbonyl (C=O) groups is 1. The number of rotatable bonds is 4. The van der Waals surface area contributed by atoms with E-state index >= 15 is 0 Å². The fraction of sp³-hybridized carbons (Fsp3) is 0.632. The van der Waals surface area contributed by atoms with Crippen molar-refractivity contribution in [2.75, 3.05) is 13.1 Å². The van der Waals surface area contributed by atoms with Crippen LogP contribution in [0.3, 0.4) is 0 Å². The molecule has 1 aromatic rings. The van der Waals surface area contributed by atoms with Crippen LogP contribution >= 0.6 is 0 Å². The summed E-state index contributed by atoms with van der Waals surface area (Å²) in [4.78, 5) is 14.7. The van der Waals surface area contributed by atoms with Crippen molar-refractivity contribution in [1.29, 1.82) is 0 Å². The Balaban J connectivity index is 1.67. The number of nitrogens with two attached hydrogens (primary N) is 1. The van der Waals surface area contributed by atoms with Gasteiger partial charge in [0.1, 0.15) is 5.75 Å². The zero-order valence-electron chi connectivity index (χ0n) is 14.0. The summed E-state index contributed by atoms with van der Waals surface area (Å²) >= 11 is 0. The number of carbonyl (C=O) groups excluding carboxylic acids is 1. The SMILES string of the molecule is CC1CC(CN)CN1C(=O)c1cccc(OC2CCCCC2)c1. The van der Waals surface area contributed by atoms with Crippen LogP contribution in [0.4, 0.5) is 0 Å². The highest BCUT2D eigenvalue weighted by molar-refractivity contribution is 5.95. The van der Waals surface area contributed by atoms with Gasteiger partial charge in [0.05, 0.1) is 6.10 Å². The van der Waals surface area contributed by atoms with E-state index in [2.05, 4.69) is 6.92 Å². The molecular formula is C19H28N2O2. The van der Waals surface area contributed by atoms with Crippen LogP contribution < -0.4 is 10.5 Å². The molecule has 1 aromatic carbocycles. The van der Waals surface area contributed by atoms with Gasteiger partial charge in [-0.05, 0) is 69.7 Å². The van der Waals surface area contributed by atoms with Gasteiger partial charge in [0.25, 0.3) is 5.91 Å². The van der Waals surface area contributed by atoms with Crippen LogP contribution in [0.1, 0.15) is 55.8 Å². The maximum Gasteiger partial charge on any atom is 0.254 e. The molecule has 0 bridgehead atoms. The van der Waals surface area contributed by atoms with Crippen LogP contribution in [0.15, 0.2) is 24.3 Å². The maximum atomic E-state index is 12.8. The second-order valence-electron chi connectivity index (χ2n) is 7.05. The molecule has 1 amide bonds. The quantitative estimate of drug-likeness (QED) is 0.928. The summed E-state index contributed by atoms with van der Waals surface area (Å²) in [6.07, 6.45) is 7.36.